The molecule has 0 saturated carbocycles. The highest BCUT2D eigenvalue weighted by atomic mass is 32.1. The van der Waals surface area contributed by atoms with Gasteiger partial charge in [0.1, 0.15) is 10.8 Å². The zero-order valence-electron chi connectivity index (χ0n) is 8.64. The number of rotatable bonds is 2. The fourth-order valence-electron chi connectivity index (χ4n) is 1.22. The van der Waals surface area contributed by atoms with Crippen molar-refractivity contribution in [2.24, 2.45) is 0 Å². The maximum absolute atomic E-state index is 11.6. The Bertz CT molecular complexity index is 522. The summed E-state index contributed by atoms with van der Waals surface area (Å²) in [6.07, 6.45) is 0. The van der Waals surface area contributed by atoms with Gasteiger partial charge in [0.15, 0.2) is 5.69 Å². The molecule has 2 rings (SSSR count). The average Bonchev–Trinajstić information content (AvgIpc) is 2.65. The lowest BCUT2D eigenvalue weighted by molar-refractivity contribution is 0.0730. The van der Waals surface area contributed by atoms with Crippen LogP contribution < -0.4 is 10.5 Å². The van der Waals surface area contributed by atoms with Gasteiger partial charge in [-0.1, -0.05) is 12.1 Å². The fraction of sp³-hybridized carbons (Fsp3) is 0.0909. The molecule has 1 aromatic heterocycles. The van der Waals surface area contributed by atoms with Gasteiger partial charge >= 0.3 is 5.97 Å². The number of nitrogens with zero attached hydrogens (tertiary/aromatic N) is 1. The standard InChI is InChI=1S/C11H10N2O2S/c1-7-3-2-4-8(5-7)15-11(14)9-6-10(12)16-13-9/h2-6H,12H2,1H3. The van der Waals surface area contributed by atoms with E-state index in [1.165, 1.54) is 6.07 Å². The van der Waals surface area contributed by atoms with E-state index in [9.17, 15) is 4.79 Å². The van der Waals surface area contributed by atoms with Crippen molar-refractivity contribution in [3.8, 4) is 5.75 Å². The number of benzene rings is 1. The lowest BCUT2D eigenvalue weighted by atomic mass is 10.2. The first-order valence-corrected chi connectivity index (χ1v) is 5.43. The number of aromatic nitrogens is 1. The summed E-state index contributed by atoms with van der Waals surface area (Å²) in [6, 6.07) is 8.77. The van der Waals surface area contributed by atoms with E-state index in [1.807, 2.05) is 19.1 Å². The third-order valence-electron chi connectivity index (χ3n) is 1.94. The van der Waals surface area contributed by atoms with Crippen LogP contribution in [0.15, 0.2) is 30.3 Å². The van der Waals surface area contributed by atoms with Crippen LogP contribution in [0.3, 0.4) is 0 Å². The summed E-state index contributed by atoms with van der Waals surface area (Å²) in [5.74, 6) is 0.0233. The second-order valence-corrected chi connectivity index (χ2v) is 4.16. The molecular weight excluding hydrogens is 224 g/mol. The summed E-state index contributed by atoms with van der Waals surface area (Å²) in [5.41, 5.74) is 6.75. The molecule has 4 nitrogen and oxygen atoms in total. The molecule has 1 heterocycles. The molecule has 0 unspecified atom stereocenters. The topological polar surface area (TPSA) is 65.2 Å². The molecule has 0 spiro atoms. The molecule has 0 aliphatic carbocycles. The Morgan fingerprint density at radius 3 is 2.88 bits per heavy atom. The molecule has 1 aromatic carbocycles. The minimum absolute atomic E-state index is 0.240. The Kier molecular flexibility index (Phi) is 2.87. The van der Waals surface area contributed by atoms with Crippen molar-refractivity contribution in [1.82, 2.24) is 4.37 Å². The summed E-state index contributed by atoms with van der Waals surface area (Å²) in [5, 5.41) is 0.496. The van der Waals surface area contributed by atoms with Crippen LogP contribution in [-0.4, -0.2) is 10.3 Å². The number of aryl methyl sites for hydroxylation is 1. The van der Waals surface area contributed by atoms with Gasteiger partial charge in [0, 0.05) is 6.07 Å². The molecule has 82 valence electrons. The van der Waals surface area contributed by atoms with E-state index >= 15 is 0 Å². The normalized spacial score (nSPS) is 10.1. The van der Waals surface area contributed by atoms with Crippen LogP contribution in [0.4, 0.5) is 5.00 Å². The lowest BCUT2D eigenvalue weighted by Crippen LogP contribution is -2.08. The minimum atomic E-state index is -0.487. The molecule has 0 atom stereocenters. The van der Waals surface area contributed by atoms with Crippen LogP contribution in [0.25, 0.3) is 0 Å². The highest BCUT2D eigenvalue weighted by Gasteiger charge is 2.12. The van der Waals surface area contributed by atoms with Crippen molar-refractivity contribution in [1.29, 1.82) is 0 Å². The van der Waals surface area contributed by atoms with Crippen LogP contribution >= 0.6 is 11.5 Å². The predicted octanol–water partition coefficient (Wildman–Crippen LogP) is 2.25. The van der Waals surface area contributed by atoms with Crippen molar-refractivity contribution in [3.05, 3.63) is 41.6 Å². The molecule has 0 amide bonds. The van der Waals surface area contributed by atoms with Crippen LogP contribution in [0.5, 0.6) is 5.75 Å². The monoisotopic (exact) mass is 234 g/mol. The second-order valence-electron chi connectivity index (χ2n) is 3.32. The molecule has 2 N–H and O–H groups in total. The van der Waals surface area contributed by atoms with Gasteiger partial charge in [0.05, 0.1) is 0 Å². The van der Waals surface area contributed by atoms with Gasteiger partial charge in [-0.2, -0.15) is 4.37 Å². The first-order chi connectivity index (χ1) is 7.65. The number of hydrogen-bond acceptors (Lipinski definition) is 5. The summed E-state index contributed by atoms with van der Waals surface area (Å²) in [7, 11) is 0. The maximum atomic E-state index is 11.6. The molecule has 0 bridgehead atoms. The zero-order chi connectivity index (χ0) is 11.5. The SMILES string of the molecule is Cc1cccc(OC(=O)c2cc(N)sn2)c1. The van der Waals surface area contributed by atoms with Gasteiger partial charge in [-0.15, -0.1) is 0 Å². The first kappa shape index (κ1) is 10.6. The van der Waals surface area contributed by atoms with E-state index in [0.717, 1.165) is 17.1 Å². The van der Waals surface area contributed by atoms with Gasteiger partial charge < -0.3 is 10.5 Å². The Morgan fingerprint density at radius 1 is 1.44 bits per heavy atom. The van der Waals surface area contributed by atoms with Crippen molar-refractivity contribution >= 4 is 22.5 Å². The fourth-order valence-corrected chi connectivity index (χ4v) is 1.72. The highest BCUT2D eigenvalue weighted by Crippen LogP contribution is 2.16. The molecule has 0 radical (unpaired) electrons. The number of ether oxygens (including phenoxy) is 1. The first-order valence-electron chi connectivity index (χ1n) is 4.66. The average molecular weight is 234 g/mol. The summed E-state index contributed by atoms with van der Waals surface area (Å²) >= 11 is 1.07. The van der Waals surface area contributed by atoms with Gasteiger partial charge in [0.25, 0.3) is 0 Å². The van der Waals surface area contributed by atoms with Crippen molar-refractivity contribution in [3.63, 3.8) is 0 Å². The van der Waals surface area contributed by atoms with Gasteiger partial charge in [-0.3, -0.25) is 0 Å². The number of nitrogens with two attached hydrogens (primary N) is 1. The van der Waals surface area contributed by atoms with Gasteiger partial charge in [0.2, 0.25) is 0 Å². The summed E-state index contributed by atoms with van der Waals surface area (Å²) < 4.78 is 9.02. The smallest absolute Gasteiger partial charge is 0.363 e. The summed E-state index contributed by atoms with van der Waals surface area (Å²) in [4.78, 5) is 11.6. The van der Waals surface area contributed by atoms with E-state index in [4.69, 9.17) is 10.5 Å². The Hall–Kier alpha value is -1.88. The molecule has 0 aliphatic heterocycles. The van der Waals surface area contributed by atoms with Gasteiger partial charge in [-0.25, -0.2) is 4.79 Å². The van der Waals surface area contributed by atoms with Crippen LogP contribution in [-0.2, 0) is 0 Å². The largest absolute Gasteiger partial charge is 0.422 e. The van der Waals surface area contributed by atoms with E-state index in [-0.39, 0.29) is 5.69 Å². The third kappa shape index (κ3) is 2.38. The molecular formula is C11H10N2O2S. The van der Waals surface area contributed by atoms with E-state index in [0.29, 0.717) is 10.8 Å². The van der Waals surface area contributed by atoms with Crippen LogP contribution in [0.1, 0.15) is 16.1 Å². The number of esters is 1. The zero-order valence-corrected chi connectivity index (χ0v) is 9.45. The molecule has 5 heteroatoms. The molecule has 2 aromatic rings. The molecule has 0 saturated heterocycles. The van der Waals surface area contributed by atoms with E-state index in [2.05, 4.69) is 4.37 Å². The molecule has 16 heavy (non-hydrogen) atoms. The quantitative estimate of drug-likeness (QED) is 0.639. The third-order valence-corrected chi connectivity index (χ3v) is 2.55. The predicted molar refractivity (Wildman–Crippen MR) is 62.7 cm³/mol. The van der Waals surface area contributed by atoms with Crippen LogP contribution in [0.2, 0.25) is 0 Å². The second kappa shape index (κ2) is 4.32. The van der Waals surface area contributed by atoms with Crippen molar-refractivity contribution < 1.29 is 9.53 Å². The van der Waals surface area contributed by atoms with Crippen LogP contribution in [0, 0.1) is 6.92 Å². The van der Waals surface area contributed by atoms with E-state index < -0.39 is 5.97 Å². The molecule has 0 aliphatic rings. The number of carbonyl (C=O) groups is 1. The maximum Gasteiger partial charge on any atom is 0.363 e. The summed E-state index contributed by atoms with van der Waals surface area (Å²) in [6.45, 7) is 1.93. The highest BCUT2D eigenvalue weighted by molar-refractivity contribution is 7.10. The van der Waals surface area contributed by atoms with Crippen molar-refractivity contribution in [2.45, 2.75) is 6.92 Å². The Balaban J connectivity index is 2.13. The Labute approximate surface area is 96.8 Å². The van der Waals surface area contributed by atoms with E-state index in [1.54, 1.807) is 12.1 Å². The van der Waals surface area contributed by atoms with Gasteiger partial charge in [-0.05, 0) is 36.2 Å². The number of hydrogen-bond donors (Lipinski definition) is 1. The lowest BCUT2D eigenvalue weighted by Gasteiger charge is -2.02. The minimum Gasteiger partial charge on any atom is -0.422 e. The molecule has 0 fully saturated rings. The number of anilines is 1. The number of carbonyl (C=O) groups excluding carboxylic acids is 1. The van der Waals surface area contributed by atoms with Crippen molar-refractivity contribution in [2.75, 3.05) is 5.73 Å². The Morgan fingerprint density at radius 2 is 2.25 bits per heavy atom. The number of nitrogen functional groups attached to an aromatic ring is 1.